The first-order chi connectivity index (χ1) is 7.56. The molecule has 4 atom stereocenters. The average Bonchev–Trinajstić information content (AvgIpc) is 2.76. The van der Waals surface area contributed by atoms with Gasteiger partial charge in [-0.15, -0.1) is 0 Å². The van der Waals surface area contributed by atoms with Crippen molar-refractivity contribution in [3.63, 3.8) is 0 Å². The van der Waals surface area contributed by atoms with Crippen LogP contribution in [0.25, 0.3) is 0 Å². The zero-order chi connectivity index (χ0) is 11.8. The Balaban J connectivity index is 2.32. The molecule has 1 saturated heterocycles. The highest BCUT2D eigenvalue weighted by Gasteiger charge is 2.57. The number of hydrogen-bond donors (Lipinski definition) is 1. The molecule has 0 aromatic heterocycles. The molecule has 0 radical (unpaired) electrons. The summed E-state index contributed by atoms with van der Waals surface area (Å²) >= 11 is 0. The van der Waals surface area contributed by atoms with Crippen LogP contribution in [0.15, 0.2) is 0 Å². The first-order valence-electron chi connectivity index (χ1n) is 6.27. The Morgan fingerprint density at radius 3 is 2.69 bits per heavy atom. The Bertz CT molecular complexity index is 304. The van der Waals surface area contributed by atoms with E-state index in [0.717, 1.165) is 19.3 Å². The molecule has 2 fully saturated rings. The van der Waals surface area contributed by atoms with Gasteiger partial charge >= 0.3 is 0 Å². The fourth-order valence-electron chi connectivity index (χ4n) is 3.41. The Kier molecular flexibility index (Phi) is 2.98. The van der Waals surface area contributed by atoms with Gasteiger partial charge in [0.15, 0.2) is 0 Å². The molecular formula is C13H21NO2. The molecule has 1 N–H and O–H groups in total. The molecule has 4 unspecified atom stereocenters. The summed E-state index contributed by atoms with van der Waals surface area (Å²) in [6.45, 7) is 5.27. The van der Waals surface area contributed by atoms with Crippen LogP contribution in [0.2, 0.25) is 0 Å². The maximum absolute atomic E-state index is 11.0. The Hall–Kier alpha value is -0.590. The molecule has 1 aliphatic heterocycles. The number of ether oxygens (including phenoxy) is 1. The third-order valence-corrected chi connectivity index (χ3v) is 4.89. The Morgan fingerprint density at radius 1 is 1.38 bits per heavy atom. The summed E-state index contributed by atoms with van der Waals surface area (Å²) in [4.78, 5) is 0. The van der Waals surface area contributed by atoms with Crippen LogP contribution < -0.4 is 0 Å². The third kappa shape index (κ3) is 1.48. The summed E-state index contributed by atoms with van der Waals surface area (Å²) in [7, 11) is 0. The van der Waals surface area contributed by atoms with Gasteiger partial charge in [0.05, 0.1) is 18.3 Å². The van der Waals surface area contributed by atoms with Crippen molar-refractivity contribution in [3.05, 3.63) is 0 Å². The summed E-state index contributed by atoms with van der Waals surface area (Å²) < 4.78 is 5.37. The van der Waals surface area contributed by atoms with E-state index in [9.17, 15) is 10.4 Å². The van der Waals surface area contributed by atoms with E-state index < -0.39 is 11.0 Å². The van der Waals surface area contributed by atoms with Crippen molar-refractivity contribution in [2.24, 2.45) is 17.3 Å². The van der Waals surface area contributed by atoms with Crippen molar-refractivity contribution in [3.8, 4) is 6.07 Å². The molecule has 2 rings (SSSR count). The highest BCUT2D eigenvalue weighted by atomic mass is 16.5. The molecule has 1 aliphatic carbocycles. The lowest BCUT2D eigenvalue weighted by atomic mass is 9.58. The van der Waals surface area contributed by atoms with Crippen LogP contribution in [0.1, 0.15) is 39.5 Å². The van der Waals surface area contributed by atoms with Gasteiger partial charge in [-0.1, -0.05) is 26.7 Å². The molecule has 90 valence electrons. The highest BCUT2D eigenvalue weighted by molar-refractivity contribution is 5.16. The van der Waals surface area contributed by atoms with Crippen LogP contribution >= 0.6 is 0 Å². The topological polar surface area (TPSA) is 53.2 Å². The number of nitrogens with zero attached hydrogens (tertiary/aromatic N) is 1. The zero-order valence-corrected chi connectivity index (χ0v) is 10.2. The molecule has 2 aliphatic rings. The predicted molar refractivity (Wildman–Crippen MR) is 60.6 cm³/mol. The summed E-state index contributed by atoms with van der Waals surface area (Å²) in [5.74, 6) is 0.673. The average molecular weight is 223 g/mol. The van der Waals surface area contributed by atoms with Crippen molar-refractivity contribution in [2.75, 3.05) is 13.2 Å². The lowest BCUT2D eigenvalue weighted by Crippen LogP contribution is -2.56. The van der Waals surface area contributed by atoms with Gasteiger partial charge < -0.3 is 9.84 Å². The van der Waals surface area contributed by atoms with E-state index in [1.165, 1.54) is 0 Å². The minimum atomic E-state index is -0.851. The molecule has 0 spiro atoms. The SMILES string of the molecule is CC1CCCC(O)(C2(C#N)CCOC2)C1C. The van der Waals surface area contributed by atoms with E-state index in [2.05, 4.69) is 19.9 Å². The first-order valence-corrected chi connectivity index (χ1v) is 6.27. The Labute approximate surface area is 97.4 Å². The molecule has 1 heterocycles. The fraction of sp³-hybridized carbons (Fsp3) is 0.923. The summed E-state index contributed by atoms with van der Waals surface area (Å²) in [5.41, 5.74) is -1.52. The quantitative estimate of drug-likeness (QED) is 0.740. The van der Waals surface area contributed by atoms with Crippen LogP contribution in [-0.2, 0) is 4.74 Å². The highest BCUT2D eigenvalue weighted by Crippen LogP contribution is 2.51. The second-order valence-electron chi connectivity index (χ2n) is 5.58. The standard InChI is InChI=1S/C13H21NO2/c1-10-4-3-5-13(15,11(10)2)12(8-14)6-7-16-9-12/h10-11,15H,3-7,9H2,1-2H3. The van der Waals surface area contributed by atoms with Crippen LogP contribution in [0.4, 0.5) is 0 Å². The molecule has 3 nitrogen and oxygen atoms in total. The minimum Gasteiger partial charge on any atom is -0.388 e. The maximum Gasteiger partial charge on any atom is 0.112 e. The monoisotopic (exact) mass is 223 g/mol. The van der Waals surface area contributed by atoms with Crippen molar-refractivity contribution in [1.82, 2.24) is 0 Å². The van der Waals surface area contributed by atoms with Crippen LogP contribution in [0.5, 0.6) is 0 Å². The third-order valence-electron chi connectivity index (χ3n) is 4.89. The van der Waals surface area contributed by atoms with Crippen molar-refractivity contribution >= 4 is 0 Å². The smallest absolute Gasteiger partial charge is 0.112 e. The van der Waals surface area contributed by atoms with E-state index >= 15 is 0 Å². The molecule has 0 aromatic carbocycles. The molecule has 0 amide bonds. The van der Waals surface area contributed by atoms with Gasteiger partial charge in [-0.25, -0.2) is 0 Å². The molecule has 1 saturated carbocycles. The van der Waals surface area contributed by atoms with Gasteiger partial charge in [-0.2, -0.15) is 5.26 Å². The van der Waals surface area contributed by atoms with Gasteiger partial charge in [0.25, 0.3) is 0 Å². The van der Waals surface area contributed by atoms with E-state index in [-0.39, 0.29) is 5.92 Å². The van der Waals surface area contributed by atoms with Crippen molar-refractivity contribution in [1.29, 1.82) is 5.26 Å². The van der Waals surface area contributed by atoms with E-state index in [0.29, 0.717) is 25.6 Å². The molecule has 3 heteroatoms. The molecular weight excluding hydrogens is 202 g/mol. The molecule has 16 heavy (non-hydrogen) atoms. The van der Waals surface area contributed by atoms with Gasteiger partial charge in [0.1, 0.15) is 5.41 Å². The zero-order valence-electron chi connectivity index (χ0n) is 10.2. The number of hydrogen-bond acceptors (Lipinski definition) is 3. The molecule has 0 aromatic rings. The molecule has 0 bridgehead atoms. The van der Waals surface area contributed by atoms with Gasteiger partial charge in [-0.05, 0) is 24.7 Å². The van der Waals surface area contributed by atoms with Crippen LogP contribution in [0, 0.1) is 28.6 Å². The number of nitriles is 1. The van der Waals surface area contributed by atoms with E-state index in [1.807, 2.05) is 0 Å². The van der Waals surface area contributed by atoms with Crippen LogP contribution in [-0.4, -0.2) is 23.9 Å². The fourth-order valence-corrected chi connectivity index (χ4v) is 3.41. The first kappa shape index (κ1) is 11.9. The van der Waals surface area contributed by atoms with Gasteiger partial charge in [-0.3, -0.25) is 0 Å². The Morgan fingerprint density at radius 2 is 2.12 bits per heavy atom. The van der Waals surface area contributed by atoms with Crippen molar-refractivity contribution < 1.29 is 9.84 Å². The normalized spacial score (nSPS) is 48.9. The van der Waals surface area contributed by atoms with Gasteiger partial charge in [0, 0.05) is 6.61 Å². The minimum absolute atomic E-state index is 0.183. The lowest BCUT2D eigenvalue weighted by Gasteiger charge is -2.49. The summed E-state index contributed by atoms with van der Waals surface area (Å²) in [6.07, 6.45) is 3.60. The largest absolute Gasteiger partial charge is 0.388 e. The summed E-state index contributed by atoms with van der Waals surface area (Å²) in [5, 5.41) is 20.4. The van der Waals surface area contributed by atoms with Crippen molar-refractivity contribution in [2.45, 2.75) is 45.1 Å². The second-order valence-corrected chi connectivity index (χ2v) is 5.58. The number of aliphatic hydroxyl groups is 1. The maximum atomic E-state index is 11.0. The lowest BCUT2D eigenvalue weighted by molar-refractivity contribution is -0.135. The number of rotatable bonds is 1. The van der Waals surface area contributed by atoms with E-state index in [4.69, 9.17) is 4.74 Å². The van der Waals surface area contributed by atoms with E-state index in [1.54, 1.807) is 0 Å². The summed E-state index contributed by atoms with van der Waals surface area (Å²) in [6, 6.07) is 2.36. The second kappa shape index (κ2) is 4.01. The van der Waals surface area contributed by atoms with Gasteiger partial charge in [0.2, 0.25) is 0 Å². The predicted octanol–water partition coefficient (Wildman–Crippen LogP) is 2.10. The van der Waals surface area contributed by atoms with Crippen LogP contribution in [0.3, 0.4) is 0 Å².